The fourth-order valence-corrected chi connectivity index (χ4v) is 6.26. The minimum atomic E-state index is -2.94. The summed E-state index contributed by atoms with van der Waals surface area (Å²) in [6, 6.07) is 8.45. The molecular weight excluding hydrogens is 744 g/mol. The molecule has 3 fully saturated rings. The Labute approximate surface area is 326 Å². The fraction of sp³-hybridized carbons (Fsp3) is 0.317. The molecule has 0 aliphatic heterocycles. The summed E-state index contributed by atoms with van der Waals surface area (Å²) >= 11 is 0. The van der Waals surface area contributed by atoms with Crippen molar-refractivity contribution >= 4 is 45.8 Å². The molecule has 0 spiro atoms. The first-order valence-electron chi connectivity index (χ1n) is 18.3. The molecule has 0 radical (unpaired) electrons. The number of aryl methyl sites for hydroxylation is 2. The first-order chi connectivity index (χ1) is 27.2. The number of hydrogen-bond acceptors (Lipinski definition) is 8. The Hall–Kier alpha value is -6.32. The molecule has 2 amide bonds. The van der Waals surface area contributed by atoms with E-state index in [-0.39, 0.29) is 19.8 Å². The van der Waals surface area contributed by atoms with Gasteiger partial charge in [0.2, 0.25) is 12.3 Å². The number of hydrogen-bond donors (Lipinski definition) is 2. The number of carbonyl (C=O) groups is 2. The second-order valence-electron chi connectivity index (χ2n) is 14.5. The van der Waals surface area contributed by atoms with E-state index in [1.165, 1.54) is 23.0 Å². The van der Waals surface area contributed by atoms with Crippen molar-refractivity contribution in [3.63, 3.8) is 0 Å². The van der Waals surface area contributed by atoms with E-state index in [0.29, 0.717) is 63.4 Å². The van der Waals surface area contributed by atoms with Gasteiger partial charge in [-0.25, -0.2) is 27.5 Å². The van der Waals surface area contributed by atoms with Crippen LogP contribution in [-0.4, -0.2) is 53.5 Å². The largest absolute Gasteiger partial charge is 0.313 e. The van der Waals surface area contributed by atoms with Crippen LogP contribution in [0.4, 0.5) is 29.2 Å². The highest BCUT2D eigenvalue weighted by atomic mass is 19.3. The maximum Gasteiger partial charge on any atom is 0.260 e. The van der Waals surface area contributed by atoms with Crippen LogP contribution in [0.5, 0.6) is 0 Å². The molecule has 0 bridgehead atoms. The number of pyridine rings is 6. The van der Waals surface area contributed by atoms with Crippen LogP contribution in [0.25, 0.3) is 44.1 Å². The van der Waals surface area contributed by atoms with Crippen LogP contribution in [0.1, 0.15) is 46.1 Å². The average Bonchev–Trinajstić information content (AvgIpc) is 4.12. The number of nitrogens with zero attached hydrogens (tertiary/aromatic N) is 6. The maximum atomic E-state index is 13.9. The van der Waals surface area contributed by atoms with E-state index in [1.807, 2.05) is 13.0 Å². The second-order valence-corrected chi connectivity index (χ2v) is 14.5. The van der Waals surface area contributed by atoms with Gasteiger partial charge in [-0.15, -0.1) is 0 Å². The molecule has 3 aliphatic rings. The number of nitrogens with one attached hydrogen (secondary N) is 2. The van der Waals surface area contributed by atoms with E-state index < -0.39 is 36.2 Å². The highest BCUT2D eigenvalue weighted by molar-refractivity contribution is 5.96. The van der Waals surface area contributed by atoms with Crippen LogP contribution in [0.15, 0.2) is 77.1 Å². The summed E-state index contributed by atoms with van der Waals surface area (Å²) in [5.74, 6) is -4.48. The van der Waals surface area contributed by atoms with Crippen LogP contribution in [0.2, 0.25) is 0 Å². The molecule has 0 aromatic carbocycles. The fourth-order valence-electron chi connectivity index (χ4n) is 6.26. The Bertz CT molecular complexity index is 2670. The van der Waals surface area contributed by atoms with Gasteiger partial charge < -0.3 is 19.8 Å². The monoisotopic (exact) mass is 786 g/mol. The van der Waals surface area contributed by atoms with Crippen molar-refractivity contribution in [2.24, 2.45) is 18.9 Å². The van der Waals surface area contributed by atoms with E-state index in [4.69, 9.17) is 0 Å². The zero-order chi connectivity index (χ0) is 40.6. The third-order valence-electron chi connectivity index (χ3n) is 10.1. The van der Waals surface area contributed by atoms with Crippen LogP contribution in [0.3, 0.4) is 0 Å². The normalized spacial score (nSPS) is 16.5. The summed E-state index contributed by atoms with van der Waals surface area (Å²) in [5, 5.41) is 6.35. The van der Waals surface area contributed by atoms with Crippen LogP contribution in [0, 0.1) is 31.5 Å². The first kappa shape index (κ1) is 38.9. The van der Waals surface area contributed by atoms with Crippen molar-refractivity contribution in [3.8, 4) is 22.3 Å². The molecule has 9 rings (SSSR count). The lowest BCUT2D eigenvalue weighted by molar-refractivity contribution is -0.119. The summed E-state index contributed by atoms with van der Waals surface area (Å²) in [5.41, 5.74) is 4.24. The van der Waals surface area contributed by atoms with Gasteiger partial charge in [-0.05, 0) is 74.8 Å². The smallest absolute Gasteiger partial charge is 0.260 e. The van der Waals surface area contributed by atoms with Gasteiger partial charge in [0.15, 0.2) is 0 Å². The van der Waals surface area contributed by atoms with E-state index in [0.717, 1.165) is 48.4 Å². The third-order valence-corrected chi connectivity index (χ3v) is 10.1. The lowest BCUT2D eigenvalue weighted by atomic mass is 10.0. The number of fused-ring (bicyclic) bond motifs is 2. The minimum absolute atomic E-state index is 0. The number of anilines is 2. The van der Waals surface area contributed by atoms with Crippen LogP contribution >= 0.6 is 0 Å². The van der Waals surface area contributed by atoms with Crippen LogP contribution in [-0.2, 0) is 23.2 Å². The molecular formula is C41H42F4N8O4. The Kier molecular flexibility index (Phi) is 10.7. The number of amides is 2. The average molecular weight is 787 g/mol. The second kappa shape index (κ2) is 15.7. The number of alkyl halides is 3. The molecule has 12 nitrogen and oxygen atoms in total. The number of carbonyl (C=O) groups excluding carboxylic acids is 2. The standard InChI is InChI=1S/C19H16F2N4O2.C19H17FN4O2.C3H5F.2H2/c1-10-3-4-22-9-13(10)12-5-11-8-23-16(6-15(11)25(2)18(12)27)24-17(26)14-7-19(14,20)21;1-11-15(7-21-8-16(11)20)14-4-13-6-22-18(23-10-25)5-17(13)24(19(14)26)9-12-2-3-12;4-3-1-2-3;;/h3-6,8-9,14H,7H2,1-2H3,(H,23,24,26);4-8,10,12H,2-3,9H2,1H3,(H,22,23,25);3H,1-2H2;2*1H/t14-;;;;/m1..../s1. The SMILES string of the molecule is Cc1c(F)cncc1-c1cc2cnc(NC=O)cc2n(CC2CC2)c1=O.Cc1ccncc1-c1cc2cnc(NC(=O)[C@H]3CC3(F)F)cc2n(C)c1=O.FC1CC1.[HH].[HH]. The molecule has 3 saturated carbocycles. The van der Waals surface area contributed by atoms with Crippen molar-refractivity contribution in [2.75, 3.05) is 10.6 Å². The van der Waals surface area contributed by atoms with E-state index in [2.05, 4.69) is 30.6 Å². The first-order valence-corrected chi connectivity index (χ1v) is 18.3. The van der Waals surface area contributed by atoms with E-state index in [9.17, 15) is 36.7 Å². The Morgan fingerprint density at radius 2 is 1.49 bits per heavy atom. The molecule has 57 heavy (non-hydrogen) atoms. The highest BCUT2D eigenvalue weighted by Crippen LogP contribution is 2.49. The van der Waals surface area contributed by atoms with Crippen molar-refractivity contribution in [3.05, 3.63) is 105 Å². The molecule has 298 valence electrons. The highest BCUT2D eigenvalue weighted by Gasteiger charge is 2.61. The molecule has 16 heteroatoms. The summed E-state index contributed by atoms with van der Waals surface area (Å²) < 4.78 is 54.3. The lowest BCUT2D eigenvalue weighted by Crippen LogP contribution is -2.23. The topological polar surface area (TPSA) is 154 Å². The van der Waals surface area contributed by atoms with Crippen molar-refractivity contribution < 1.29 is 30.0 Å². The summed E-state index contributed by atoms with van der Waals surface area (Å²) in [4.78, 5) is 64.8. The quantitative estimate of drug-likeness (QED) is 0.120. The van der Waals surface area contributed by atoms with Gasteiger partial charge in [0.05, 0.1) is 17.2 Å². The zero-order valence-electron chi connectivity index (χ0n) is 31.2. The minimum Gasteiger partial charge on any atom is -0.313 e. The molecule has 0 saturated heterocycles. The van der Waals surface area contributed by atoms with E-state index >= 15 is 0 Å². The Morgan fingerprint density at radius 3 is 2.11 bits per heavy atom. The van der Waals surface area contributed by atoms with Gasteiger partial charge in [-0.3, -0.25) is 29.1 Å². The summed E-state index contributed by atoms with van der Waals surface area (Å²) in [7, 11) is 1.61. The van der Waals surface area contributed by atoms with E-state index in [1.54, 1.807) is 55.3 Å². The van der Waals surface area contributed by atoms with Crippen molar-refractivity contribution in [1.29, 1.82) is 0 Å². The zero-order valence-corrected chi connectivity index (χ0v) is 31.2. The molecule has 1 atom stereocenters. The predicted molar refractivity (Wildman–Crippen MR) is 211 cm³/mol. The summed E-state index contributed by atoms with van der Waals surface area (Å²) in [6.07, 6.45) is 12.6. The van der Waals surface area contributed by atoms with Gasteiger partial charge in [-0.2, -0.15) is 0 Å². The third kappa shape index (κ3) is 8.59. The lowest BCUT2D eigenvalue weighted by Gasteiger charge is -2.14. The summed E-state index contributed by atoms with van der Waals surface area (Å²) in [6.45, 7) is 4.12. The van der Waals surface area contributed by atoms with Crippen LogP contribution < -0.4 is 21.8 Å². The maximum absolute atomic E-state index is 13.9. The molecule has 6 heterocycles. The molecule has 3 aliphatic carbocycles. The van der Waals surface area contributed by atoms with Gasteiger partial charge in [0, 0.05) is 99.0 Å². The number of halogens is 4. The molecule has 6 aromatic rings. The van der Waals surface area contributed by atoms with Gasteiger partial charge in [0.25, 0.3) is 17.0 Å². The van der Waals surface area contributed by atoms with Gasteiger partial charge in [-0.1, -0.05) is 0 Å². The Morgan fingerprint density at radius 1 is 0.877 bits per heavy atom. The molecule has 6 aromatic heterocycles. The number of rotatable bonds is 8. The number of aromatic nitrogens is 6. The van der Waals surface area contributed by atoms with Gasteiger partial charge in [0.1, 0.15) is 29.5 Å². The predicted octanol–water partition coefficient (Wildman–Crippen LogP) is 7.39. The van der Waals surface area contributed by atoms with Crippen molar-refractivity contribution in [2.45, 2.75) is 64.6 Å². The van der Waals surface area contributed by atoms with Crippen molar-refractivity contribution in [1.82, 2.24) is 29.1 Å². The molecule has 2 N–H and O–H groups in total. The van der Waals surface area contributed by atoms with Gasteiger partial charge >= 0.3 is 0 Å². The Balaban J connectivity index is 0.000000198. The molecule has 0 unspecified atom stereocenters.